The molecule has 1 fully saturated rings. The van der Waals surface area contributed by atoms with Crippen molar-refractivity contribution in [3.8, 4) is 0 Å². The van der Waals surface area contributed by atoms with E-state index in [9.17, 15) is 8.78 Å². The quantitative estimate of drug-likeness (QED) is 0.271. The SMILES string of the molecule is CN=C(NCCCCC1CCCC1)NCc1nccn1C(F)F.I. The van der Waals surface area contributed by atoms with Gasteiger partial charge in [0, 0.05) is 26.0 Å². The predicted molar refractivity (Wildman–Crippen MR) is 103 cm³/mol. The van der Waals surface area contributed by atoms with Gasteiger partial charge >= 0.3 is 6.55 Å². The Labute approximate surface area is 159 Å². The first-order valence-corrected chi connectivity index (χ1v) is 8.45. The van der Waals surface area contributed by atoms with Crippen molar-refractivity contribution in [1.29, 1.82) is 0 Å². The summed E-state index contributed by atoms with van der Waals surface area (Å²) in [7, 11) is 1.67. The highest BCUT2D eigenvalue weighted by Crippen LogP contribution is 2.28. The van der Waals surface area contributed by atoms with Crippen LogP contribution in [-0.4, -0.2) is 29.1 Å². The smallest absolute Gasteiger partial charge is 0.319 e. The number of alkyl halides is 2. The summed E-state index contributed by atoms with van der Waals surface area (Å²) in [4.78, 5) is 8.04. The van der Waals surface area contributed by atoms with E-state index in [1.54, 1.807) is 7.05 Å². The second kappa shape index (κ2) is 11.6. The van der Waals surface area contributed by atoms with Gasteiger partial charge in [-0.15, -0.1) is 24.0 Å². The highest BCUT2D eigenvalue weighted by molar-refractivity contribution is 14.0. The summed E-state index contributed by atoms with van der Waals surface area (Å²) < 4.78 is 26.3. The molecular weight excluding hydrogens is 427 g/mol. The highest BCUT2D eigenvalue weighted by atomic mass is 127. The molecule has 138 valence electrons. The maximum atomic E-state index is 12.7. The van der Waals surface area contributed by atoms with Crippen LogP contribution in [0, 0.1) is 5.92 Å². The van der Waals surface area contributed by atoms with Gasteiger partial charge in [-0.25, -0.2) is 4.98 Å². The van der Waals surface area contributed by atoms with E-state index in [-0.39, 0.29) is 30.5 Å². The molecule has 0 atom stereocenters. The molecule has 0 spiro atoms. The first-order chi connectivity index (χ1) is 11.2. The van der Waals surface area contributed by atoms with Crippen LogP contribution in [0.15, 0.2) is 17.4 Å². The molecule has 0 aliphatic heterocycles. The summed E-state index contributed by atoms with van der Waals surface area (Å²) in [5, 5.41) is 6.24. The zero-order chi connectivity index (χ0) is 16.5. The fourth-order valence-electron chi connectivity index (χ4n) is 3.11. The van der Waals surface area contributed by atoms with Crippen LogP contribution < -0.4 is 10.6 Å². The lowest BCUT2D eigenvalue weighted by molar-refractivity contribution is 0.0668. The van der Waals surface area contributed by atoms with Crippen molar-refractivity contribution < 1.29 is 8.78 Å². The molecule has 0 unspecified atom stereocenters. The molecule has 0 saturated heterocycles. The van der Waals surface area contributed by atoms with Gasteiger partial charge in [-0.3, -0.25) is 9.56 Å². The zero-order valence-electron chi connectivity index (χ0n) is 14.2. The van der Waals surface area contributed by atoms with E-state index in [0.717, 1.165) is 23.5 Å². The number of nitrogens with one attached hydrogen (secondary N) is 2. The Morgan fingerprint density at radius 2 is 2.08 bits per heavy atom. The van der Waals surface area contributed by atoms with Crippen LogP contribution in [0.3, 0.4) is 0 Å². The number of aromatic nitrogens is 2. The minimum Gasteiger partial charge on any atom is -0.356 e. The van der Waals surface area contributed by atoms with Crippen molar-refractivity contribution in [2.24, 2.45) is 10.9 Å². The third kappa shape index (κ3) is 6.90. The van der Waals surface area contributed by atoms with Crippen LogP contribution in [0.25, 0.3) is 0 Å². The molecule has 0 bridgehead atoms. The minimum absolute atomic E-state index is 0. The number of guanidine groups is 1. The molecule has 1 aliphatic carbocycles. The largest absolute Gasteiger partial charge is 0.356 e. The Bertz CT molecular complexity index is 487. The molecule has 1 aromatic heterocycles. The van der Waals surface area contributed by atoms with Gasteiger partial charge in [0.25, 0.3) is 0 Å². The Kier molecular flexibility index (Phi) is 10.2. The monoisotopic (exact) mass is 455 g/mol. The number of unbranched alkanes of at least 4 members (excludes halogenated alkanes) is 1. The second-order valence-electron chi connectivity index (χ2n) is 6.03. The van der Waals surface area contributed by atoms with Gasteiger partial charge in [-0.1, -0.05) is 38.5 Å². The lowest BCUT2D eigenvalue weighted by atomic mass is 10.0. The molecule has 1 aliphatic rings. The van der Waals surface area contributed by atoms with Gasteiger partial charge in [0.15, 0.2) is 5.96 Å². The number of nitrogens with zero attached hydrogens (tertiary/aromatic N) is 3. The van der Waals surface area contributed by atoms with Gasteiger partial charge in [0.2, 0.25) is 0 Å². The Hall–Kier alpha value is -0.930. The molecule has 0 radical (unpaired) electrons. The van der Waals surface area contributed by atoms with Crippen LogP contribution in [-0.2, 0) is 6.54 Å². The average Bonchev–Trinajstić information content (AvgIpc) is 3.21. The van der Waals surface area contributed by atoms with E-state index in [0.29, 0.717) is 11.8 Å². The van der Waals surface area contributed by atoms with Crippen LogP contribution in [0.4, 0.5) is 8.78 Å². The minimum atomic E-state index is -2.57. The van der Waals surface area contributed by atoms with Gasteiger partial charge in [-0.05, 0) is 12.3 Å². The van der Waals surface area contributed by atoms with Crippen molar-refractivity contribution in [2.75, 3.05) is 13.6 Å². The Morgan fingerprint density at radius 3 is 2.75 bits per heavy atom. The van der Waals surface area contributed by atoms with E-state index in [2.05, 4.69) is 20.6 Å². The summed E-state index contributed by atoms with van der Waals surface area (Å²) >= 11 is 0. The number of halogens is 3. The van der Waals surface area contributed by atoms with Crippen LogP contribution in [0.5, 0.6) is 0 Å². The normalized spacial score (nSPS) is 15.6. The molecule has 1 saturated carbocycles. The topological polar surface area (TPSA) is 54.2 Å². The van der Waals surface area contributed by atoms with Crippen molar-refractivity contribution in [1.82, 2.24) is 20.2 Å². The third-order valence-electron chi connectivity index (χ3n) is 4.40. The molecule has 1 aromatic rings. The Balaban J connectivity index is 0.00000288. The number of hydrogen-bond acceptors (Lipinski definition) is 2. The molecule has 0 aromatic carbocycles. The van der Waals surface area contributed by atoms with E-state index >= 15 is 0 Å². The van der Waals surface area contributed by atoms with Crippen molar-refractivity contribution in [3.63, 3.8) is 0 Å². The molecule has 1 heterocycles. The Morgan fingerprint density at radius 1 is 1.33 bits per heavy atom. The van der Waals surface area contributed by atoms with Gasteiger partial charge in [0.1, 0.15) is 5.82 Å². The van der Waals surface area contributed by atoms with E-state index in [1.165, 1.54) is 50.9 Å². The number of aliphatic imine (C=N–C) groups is 1. The molecular formula is C16H28F2IN5. The van der Waals surface area contributed by atoms with Crippen LogP contribution >= 0.6 is 24.0 Å². The molecule has 0 amide bonds. The van der Waals surface area contributed by atoms with Crippen molar-refractivity contribution in [3.05, 3.63) is 18.2 Å². The molecule has 8 heteroatoms. The molecule has 2 rings (SSSR count). The average molecular weight is 455 g/mol. The second-order valence-corrected chi connectivity index (χ2v) is 6.03. The lowest BCUT2D eigenvalue weighted by Crippen LogP contribution is -2.37. The number of rotatable bonds is 8. The first kappa shape index (κ1) is 21.1. The number of imidazole rings is 1. The maximum Gasteiger partial charge on any atom is 0.319 e. The summed E-state index contributed by atoms with van der Waals surface area (Å²) in [5.74, 6) is 1.85. The molecule has 5 nitrogen and oxygen atoms in total. The predicted octanol–water partition coefficient (Wildman–Crippen LogP) is 3.92. The van der Waals surface area contributed by atoms with Crippen molar-refractivity contribution in [2.45, 2.75) is 58.0 Å². The summed E-state index contributed by atoms with van der Waals surface area (Å²) in [6.45, 7) is -1.51. The van der Waals surface area contributed by atoms with Crippen LogP contribution in [0.2, 0.25) is 0 Å². The van der Waals surface area contributed by atoms with E-state index < -0.39 is 6.55 Å². The van der Waals surface area contributed by atoms with E-state index in [4.69, 9.17) is 0 Å². The van der Waals surface area contributed by atoms with E-state index in [1.807, 2.05) is 0 Å². The fourth-order valence-corrected chi connectivity index (χ4v) is 3.11. The molecule has 2 N–H and O–H groups in total. The van der Waals surface area contributed by atoms with Gasteiger partial charge < -0.3 is 10.6 Å². The van der Waals surface area contributed by atoms with Crippen molar-refractivity contribution >= 4 is 29.9 Å². The lowest BCUT2D eigenvalue weighted by Gasteiger charge is -2.13. The molecule has 24 heavy (non-hydrogen) atoms. The van der Waals surface area contributed by atoms with Gasteiger partial charge in [0.05, 0.1) is 6.54 Å². The third-order valence-corrected chi connectivity index (χ3v) is 4.40. The summed E-state index contributed by atoms with van der Waals surface area (Å²) in [5.41, 5.74) is 0. The fraction of sp³-hybridized carbons (Fsp3) is 0.750. The summed E-state index contributed by atoms with van der Waals surface area (Å²) in [6, 6.07) is 0. The van der Waals surface area contributed by atoms with Gasteiger partial charge in [-0.2, -0.15) is 8.78 Å². The standard InChI is InChI=1S/C16H27F2N5.HI/c1-19-16(21-9-5-4-8-13-6-2-3-7-13)22-12-14-20-10-11-23(14)15(17)18;/h10-11,13,15H,2-9,12H2,1H3,(H2,19,21,22);1H. The summed E-state index contributed by atoms with van der Waals surface area (Å²) in [6.07, 6.45) is 11.9. The maximum absolute atomic E-state index is 12.7. The number of hydrogen-bond donors (Lipinski definition) is 2. The zero-order valence-corrected chi connectivity index (χ0v) is 16.5. The van der Waals surface area contributed by atoms with Crippen LogP contribution in [0.1, 0.15) is 57.3 Å². The highest BCUT2D eigenvalue weighted by Gasteiger charge is 2.14. The first-order valence-electron chi connectivity index (χ1n) is 8.45.